The van der Waals surface area contributed by atoms with E-state index in [1.807, 2.05) is 44.2 Å². The van der Waals surface area contributed by atoms with Crippen LogP contribution in [0.5, 0.6) is 5.75 Å². The molecule has 2 N–H and O–H groups in total. The molecule has 0 radical (unpaired) electrons. The van der Waals surface area contributed by atoms with Crippen molar-refractivity contribution in [1.29, 1.82) is 0 Å². The van der Waals surface area contributed by atoms with E-state index < -0.39 is 28.3 Å². The third-order valence-electron chi connectivity index (χ3n) is 6.25. The van der Waals surface area contributed by atoms with Crippen molar-refractivity contribution in [2.24, 2.45) is 5.92 Å². The van der Waals surface area contributed by atoms with Crippen LogP contribution in [0.2, 0.25) is 0 Å². The number of nitrogens with one attached hydrogen (secondary N) is 1. The summed E-state index contributed by atoms with van der Waals surface area (Å²) < 4.78 is 44.1. The summed E-state index contributed by atoms with van der Waals surface area (Å²) >= 11 is 0. The molecule has 2 aromatic carbocycles. The van der Waals surface area contributed by atoms with Gasteiger partial charge in [-0.25, -0.2) is 13.3 Å². The quantitative estimate of drug-likeness (QED) is 0.340. The van der Waals surface area contributed by atoms with Gasteiger partial charge in [-0.15, -0.1) is 0 Å². The molecule has 1 aromatic heterocycles. The van der Waals surface area contributed by atoms with Crippen LogP contribution in [0.1, 0.15) is 25.0 Å². The van der Waals surface area contributed by atoms with Crippen LogP contribution in [0, 0.1) is 5.92 Å². The first kappa shape index (κ1) is 29.4. The van der Waals surface area contributed by atoms with E-state index >= 15 is 0 Å². The van der Waals surface area contributed by atoms with E-state index in [0.717, 1.165) is 5.56 Å². The number of amides is 1. The number of carbonyl (C=O) groups is 1. The lowest BCUT2D eigenvalue weighted by atomic mass is 10.00. The fraction of sp³-hybridized carbons (Fsp3) is 0.393. The molecular weight excluding hydrogens is 508 g/mol. The molecule has 38 heavy (non-hydrogen) atoms. The normalized spacial score (nSPS) is 14.3. The second kappa shape index (κ2) is 13.6. The zero-order chi connectivity index (χ0) is 27.7. The highest BCUT2D eigenvalue weighted by Crippen LogP contribution is 2.21. The zero-order valence-corrected chi connectivity index (χ0v) is 23.1. The average Bonchev–Trinajstić information content (AvgIpc) is 3.43. The molecule has 3 rings (SSSR count). The summed E-state index contributed by atoms with van der Waals surface area (Å²) in [5.41, 5.74) is 1.62. The van der Waals surface area contributed by atoms with Gasteiger partial charge in [0.05, 0.1) is 31.6 Å². The van der Waals surface area contributed by atoms with Crippen molar-refractivity contribution in [2.45, 2.75) is 43.9 Å². The average molecular weight is 546 g/mol. The molecule has 0 saturated carbocycles. The molecule has 0 aliphatic rings. The zero-order valence-electron chi connectivity index (χ0n) is 22.2. The lowest BCUT2D eigenvalue weighted by molar-refractivity contribution is -0.835. The smallest absolute Gasteiger partial charge is 0.497 e. The Labute approximate surface area is 224 Å². The lowest BCUT2D eigenvalue weighted by Crippen LogP contribution is -3.17. The molecule has 9 nitrogen and oxygen atoms in total. The molecular formula is C28H37N2O7S+. The van der Waals surface area contributed by atoms with Crippen LogP contribution in [-0.2, 0) is 27.8 Å². The summed E-state index contributed by atoms with van der Waals surface area (Å²) in [4.78, 5) is 13.4. The number of rotatable bonds is 13. The number of alkyl carbamates (subject to hydrolysis) is 2. The third-order valence-corrected chi connectivity index (χ3v) is 8.09. The number of quaternary nitrogens is 1. The number of aliphatic hydroxyl groups excluding tert-OH is 1. The van der Waals surface area contributed by atoms with Gasteiger partial charge in [-0.1, -0.05) is 44.2 Å². The number of carbonyl (C=O) groups excluding carboxylic acids is 1. The van der Waals surface area contributed by atoms with Crippen molar-refractivity contribution in [3.8, 4) is 5.75 Å². The standard InChI is InChI=1S/C28H36N2O7S/c1-21(2)17-30(38(33,34)25-12-10-24(35-4)11-13-25)18-27(31)26(16-22-8-6-5-7-9-22)29(3)28(32)37-20-23-14-15-36-19-23/h5-15,19,21,26-27,31H,16-18,20H2,1-4H3/p+1/t26-,27+/m0/s1. The molecule has 3 atom stereocenters. The molecule has 0 bridgehead atoms. The number of ether oxygens (including phenoxy) is 2. The summed E-state index contributed by atoms with van der Waals surface area (Å²) in [5, 5.41) is 11.4. The number of sulfonamides is 1. The largest absolute Gasteiger partial charge is 0.514 e. The van der Waals surface area contributed by atoms with Crippen LogP contribution in [-0.4, -0.2) is 63.3 Å². The number of aliphatic hydroxyl groups is 1. The predicted octanol–water partition coefficient (Wildman–Crippen LogP) is 2.76. The molecule has 206 valence electrons. The summed E-state index contributed by atoms with van der Waals surface area (Å²) in [6.07, 6.45) is 1.61. The van der Waals surface area contributed by atoms with Gasteiger partial charge in [-0.3, -0.25) is 0 Å². The number of hydrogen-bond donors (Lipinski definition) is 2. The topological polar surface area (TPSA) is 111 Å². The van der Waals surface area contributed by atoms with Crippen molar-refractivity contribution < 1.29 is 37.1 Å². The Kier molecular flexibility index (Phi) is 10.5. The lowest BCUT2D eigenvalue weighted by Gasteiger charge is -2.31. The van der Waals surface area contributed by atoms with Crippen LogP contribution in [0.3, 0.4) is 0 Å². The maximum Gasteiger partial charge on any atom is 0.514 e. The van der Waals surface area contributed by atoms with E-state index in [1.165, 1.54) is 36.1 Å². The van der Waals surface area contributed by atoms with E-state index in [9.17, 15) is 18.3 Å². The number of hydrogen-bond acceptors (Lipinski definition) is 7. The highest BCUT2D eigenvalue weighted by molar-refractivity contribution is 7.89. The van der Waals surface area contributed by atoms with Crippen LogP contribution in [0.25, 0.3) is 0 Å². The summed E-state index contributed by atoms with van der Waals surface area (Å²) in [7, 11) is -0.791. The Morgan fingerprint density at radius 2 is 1.71 bits per heavy atom. The molecule has 0 aliphatic carbocycles. The van der Waals surface area contributed by atoms with Gasteiger partial charge in [-0.2, -0.15) is 9.10 Å². The van der Waals surface area contributed by atoms with Crippen molar-refractivity contribution >= 4 is 16.1 Å². The molecule has 1 unspecified atom stereocenters. The van der Waals surface area contributed by atoms with Gasteiger partial charge in [0.15, 0.2) is 0 Å². The molecule has 1 heterocycles. The molecule has 1 amide bonds. The van der Waals surface area contributed by atoms with Crippen molar-refractivity contribution in [3.63, 3.8) is 0 Å². The van der Waals surface area contributed by atoms with Crippen molar-refractivity contribution in [2.75, 3.05) is 27.2 Å². The summed E-state index contributed by atoms with van der Waals surface area (Å²) in [6.45, 7) is 3.87. The summed E-state index contributed by atoms with van der Waals surface area (Å²) in [6, 6.07) is 16.6. The van der Waals surface area contributed by atoms with Gasteiger partial charge in [0.2, 0.25) is 10.0 Å². The van der Waals surface area contributed by atoms with Crippen molar-refractivity contribution in [1.82, 2.24) is 4.31 Å². The fourth-order valence-electron chi connectivity index (χ4n) is 4.15. The van der Waals surface area contributed by atoms with Gasteiger partial charge in [0.25, 0.3) is 0 Å². The van der Waals surface area contributed by atoms with Crippen LogP contribution >= 0.6 is 0 Å². The second-order valence-corrected chi connectivity index (χ2v) is 11.6. The number of benzene rings is 2. The third kappa shape index (κ3) is 7.91. The van der Waals surface area contributed by atoms with E-state index in [4.69, 9.17) is 13.9 Å². The van der Waals surface area contributed by atoms with Gasteiger partial charge in [0.1, 0.15) is 24.5 Å². The van der Waals surface area contributed by atoms with Crippen LogP contribution < -0.4 is 9.64 Å². The first-order valence-electron chi connectivity index (χ1n) is 12.5. The number of likely N-dealkylation sites (N-methyl/N-ethyl adjacent to an activating group) is 1. The van der Waals surface area contributed by atoms with Gasteiger partial charge >= 0.3 is 6.09 Å². The van der Waals surface area contributed by atoms with Crippen LogP contribution in [0.4, 0.5) is 4.79 Å². The minimum atomic E-state index is -3.93. The Balaban J connectivity index is 1.85. The molecule has 10 heteroatoms. The molecule has 3 aromatic rings. The maximum atomic E-state index is 13.6. The fourth-order valence-corrected chi connectivity index (χ4v) is 5.77. The van der Waals surface area contributed by atoms with Gasteiger partial charge in [0, 0.05) is 25.1 Å². The van der Waals surface area contributed by atoms with Crippen LogP contribution in [0.15, 0.2) is 82.5 Å². The maximum absolute atomic E-state index is 13.6. The first-order valence-corrected chi connectivity index (χ1v) is 13.9. The van der Waals surface area contributed by atoms with Crippen molar-refractivity contribution in [3.05, 3.63) is 84.3 Å². The monoisotopic (exact) mass is 545 g/mol. The minimum Gasteiger partial charge on any atom is -0.497 e. The number of methoxy groups -OCH3 is 1. The Morgan fingerprint density at radius 3 is 2.29 bits per heavy atom. The molecule has 0 spiro atoms. The summed E-state index contributed by atoms with van der Waals surface area (Å²) in [5.74, 6) is 0.550. The number of nitrogens with zero attached hydrogens (tertiary/aromatic N) is 1. The van der Waals surface area contributed by atoms with E-state index in [2.05, 4.69) is 0 Å². The van der Waals surface area contributed by atoms with E-state index in [-0.39, 0.29) is 30.5 Å². The van der Waals surface area contributed by atoms with Gasteiger partial charge in [-0.05, 0) is 41.8 Å². The predicted molar refractivity (Wildman–Crippen MR) is 142 cm³/mol. The van der Waals surface area contributed by atoms with E-state index in [1.54, 1.807) is 25.2 Å². The molecule has 0 aliphatic heterocycles. The Bertz CT molecular complexity index is 1230. The van der Waals surface area contributed by atoms with Gasteiger partial charge < -0.3 is 19.0 Å². The highest BCUT2D eigenvalue weighted by Gasteiger charge is 2.37. The molecule has 0 saturated heterocycles. The first-order chi connectivity index (χ1) is 18.1. The second-order valence-electron chi connectivity index (χ2n) is 9.65. The highest BCUT2D eigenvalue weighted by atomic mass is 32.2. The van der Waals surface area contributed by atoms with E-state index in [0.29, 0.717) is 22.6 Å². The Morgan fingerprint density at radius 1 is 1.03 bits per heavy atom. The number of furan rings is 1. The minimum absolute atomic E-state index is 0.00722. The molecule has 0 fully saturated rings. The Hall–Kier alpha value is -3.18. The SMILES string of the molecule is COc1ccc(S(=O)(=O)N(CC(C)C)C[C@@H](O)[C@H](Cc2ccccc2)[NH+](C)C(=O)OCc2ccoc2)cc1.